The lowest BCUT2D eigenvalue weighted by atomic mass is 10.2. The Morgan fingerprint density at radius 2 is 1.69 bits per heavy atom. The Bertz CT molecular complexity index is 703. The standard InChI is InChI=1S/C18H29N3O4S/c1-18(2,3)25-17(22)19-15-5-7-16(8-6-15)26(23,24)14-13-21-11-9-20(4)10-12-21/h5-8H,9-14H2,1-4H3,(H,19,22). The lowest BCUT2D eigenvalue weighted by Gasteiger charge is -2.32. The van der Waals surface area contributed by atoms with E-state index in [0.717, 1.165) is 26.2 Å². The van der Waals surface area contributed by atoms with Crippen LogP contribution in [0, 0.1) is 0 Å². The van der Waals surface area contributed by atoms with Crippen molar-refractivity contribution in [1.29, 1.82) is 0 Å². The Morgan fingerprint density at radius 3 is 2.23 bits per heavy atom. The summed E-state index contributed by atoms with van der Waals surface area (Å²) >= 11 is 0. The van der Waals surface area contributed by atoms with Crippen LogP contribution in [-0.2, 0) is 14.6 Å². The van der Waals surface area contributed by atoms with Gasteiger partial charge in [-0.3, -0.25) is 10.2 Å². The smallest absolute Gasteiger partial charge is 0.412 e. The zero-order chi connectivity index (χ0) is 19.4. The van der Waals surface area contributed by atoms with Crippen molar-refractivity contribution in [2.75, 3.05) is 50.8 Å². The van der Waals surface area contributed by atoms with Gasteiger partial charge in [-0.05, 0) is 52.1 Å². The normalized spacial score (nSPS) is 17.1. The van der Waals surface area contributed by atoms with Gasteiger partial charge in [-0.15, -0.1) is 0 Å². The van der Waals surface area contributed by atoms with Gasteiger partial charge in [-0.25, -0.2) is 13.2 Å². The molecular formula is C18H29N3O4S. The predicted octanol–water partition coefficient (Wildman–Crippen LogP) is 2.05. The molecule has 1 heterocycles. The molecule has 1 aromatic rings. The first-order valence-corrected chi connectivity index (χ1v) is 10.4. The number of hydrogen-bond acceptors (Lipinski definition) is 6. The molecule has 1 fully saturated rings. The second-order valence-corrected chi connectivity index (χ2v) is 9.72. The second-order valence-electron chi connectivity index (χ2n) is 7.62. The molecule has 0 spiro atoms. The fourth-order valence-electron chi connectivity index (χ4n) is 2.61. The molecule has 0 unspecified atom stereocenters. The quantitative estimate of drug-likeness (QED) is 0.838. The third kappa shape index (κ3) is 6.59. The zero-order valence-electron chi connectivity index (χ0n) is 16.0. The summed E-state index contributed by atoms with van der Waals surface area (Å²) in [4.78, 5) is 16.4. The molecule has 1 amide bonds. The number of benzene rings is 1. The highest BCUT2D eigenvalue weighted by Gasteiger charge is 2.20. The number of nitrogens with one attached hydrogen (secondary N) is 1. The monoisotopic (exact) mass is 383 g/mol. The number of carbonyl (C=O) groups is 1. The van der Waals surface area contributed by atoms with Crippen LogP contribution >= 0.6 is 0 Å². The summed E-state index contributed by atoms with van der Waals surface area (Å²) in [5.41, 5.74) is -0.0892. The van der Waals surface area contributed by atoms with E-state index in [-0.39, 0.29) is 10.6 Å². The Kier molecular flexibility index (Phi) is 6.65. The summed E-state index contributed by atoms with van der Waals surface area (Å²) in [6.07, 6.45) is -0.567. The van der Waals surface area contributed by atoms with Crippen molar-refractivity contribution in [3.05, 3.63) is 24.3 Å². The minimum atomic E-state index is -3.35. The third-order valence-corrected chi connectivity index (χ3v) is 5.84. The van der Waals surface area contributed by atoms with Crippen LogP contribution in [0.4, 0.5) is 10.5 Å². The van der Waals surface area contributed by atoms with Crippen LogP contribution in [0.25, 0.3) is 0 Å². The van der Waals surface area contributed by atoms with Crippen LogP contribution in [0.5, 0.6) is 0 Å². The Morgan fingerprint density at radius 1 is 1.12 bits per heavy atom. The van der Waals surface area contributed by atoms with Crippen molar-refractivity contribution in [2.24, 2.45) is 0 Å². The van der Waals surface area contributed by atoms with Crippen molar-refractivity contribution in [3.8, 4) is 0 Å². The highest BCUT2D eigenvalue weighted by molar-refractivity contribution is 7.91. The Balaban J connectivity index is 1.90. The van der Waals surface area contributed by atoms with Crippen molar-refractivity contribution in [3.63, 3.8) is 0 Å². The summed E-state index contributed by atoms with van der Waals surface area (Å²) in [5.74, 6) is 0.0928. The Labute approximate surface area is 156 Å². The summed E-state index contributed by atoms with van der Waals surface area (Å²) in [6, 6.07) is 6.19. The summed E-state index contributed by atoms with van der Waals surface area (Å²) in [7, 11) is -1.28. The van der Waals surface area contributed by atoms with Crippen LogP contribution < -0.4 is 5.32 Å². The third-order valence-electron chi connectivity index (χ3n) is 4.13. The van der Waals surface area contributed by atoms with Crippen molar-refractivity contribution in [1.82, 2.24) is 9.80 Å². The molecule has 26 heavy (non-hydrogen) atoms. The fourth-order valence-corrected chi connectivity index (χ4v) is 3.89. The van der Waals surface area contributed by atoms with Gasteiger partial charge in [-0.1, -0.05) is 0 Å². The van der Waals surface area contributed by atoms with E-state index in [1.54, 1.807) is 32.9 Å². The molecule has 146 valence electrons. The number of carbonyl (C=O) groups excluding carboxylic acids is 1. The predicted molar refractivity (Wildman–Crippen MR) is 102 cm³/mol. The molecule has 7 nitrogen and oxygen atoms in total. The van der Waals surface area contributed by atoms with E-state index >= 15 is 0 Å². The molecule has 2 rings (SSSR count). The van der Waals surface area contributed by atoms with Crippen LogP contribution in [0.1, 0.15) is 20.8 Å². The first kappa shape index (κ1) is 20.7. The number of hydrogen-bond donors (Lipinski definition) is 1. The van der Waals surface area contributed by atoms with Gasteiger partial charge in [0.15, 0.2) is 9.84 Å². The molecule has 8 heteroatoms. The lowest BCUT2D eigenvalue weighted by molar-refractivity contribution is 0.0636. The minimum Gasteiger partial charge on any atom is -0.444 e. The second kappa shape index (κ2) is 8.37. The highest BCUT2D eigenvalue weighted by atomic mass is 32.2. The van der Waals surface area contributed by atoms with E-state index in [2.05, 4.69) is 22.2 Å². The lowest BCUT2D eigenvalue weighted by Crippen LogP contribution is -2.45. The van der Waals surface area contributed by atoms with Gasteiger partial charge in [-0.2, -0.15) is 0 Å². The molecule has 1 aliphatic rings. The van der Waals surface area contributed by atoms with Crippen LogP contribution in [0.2, 0.25) is 0 Å². The van der Waals surface area contributed by atoms with E-state index in [9.17, 15) is 13.2 Å². The molecule has 0 radical (unpaired) electrons. The number of piperazine rings is 1. The fraction of sp³-hybridized carbons (Fsp3) is 0.611. The highest BCUT2D eigenvalue weighted by Crippen LogP contribution is 2.17. The molecule has 0 aliphatic carbocycles. The van der Waals surface area contributed by atoms with Crippen molar-refractivity contribution in [2.45, 2.75) is 31.3 Å². The first-order chi connectivity index (χ1) is 12.0. The molecule has 1 N–H and O–H groups in total. The van der Waals surface area contributed by atoms with Crippen molar-refractivity contribution < 1.29 is 17.9 Å². The van der Waals surface area contributed by atoms with Crippen LogP contribution in [0.3, 0.4) is 0 Å². The summed E-state index contributed by atoms with van der Waals surface area (Å²) < 4.78 is 30.2. The van der Waals surface area contributed by atoms with E-state index in [1.807, 2.05) is 0 Å². The average molecular weight is 384 g/mol. The van der Waals surface area contributed by atoms with Crippen molar-refractivity contribution >= 4 is 21.6 Å². The van der Waals surface area contributed by atoms with Gasteiger partial charge in [0.1, 0.15) is 5.60 Å². The maximum Gasteiger partial charge on any atom is 0.412 e. The van der Waals surface area contributed by atoms with E-state index in [4.69, 9.17) is 4.74 Å². The molecule has 0 aromatic heterocycles. The van der Waals surface area contributed by atoms with Gasteiger partial charge in [0.2, 0.25) is 0 Å². The molecule has 1 saturated heterocycles. The van der Waals surface area contributed by atoms with Gasteiger partial charge in [0, 0.05) is 38.4 Å². The van der Waals surface area contributed by atoms with E-state index in [0.29, 0.717) is 12.2 Å². The minimum absolute atomic E-state index is 0.0928. The zero-order valence-corrected chi connectivity index (χ0v) is 16.8. The number of likely N-dealkylation sites (N-methyl/N-ethyl adjacent to an activating group) is 1. The number of anilines is 1. The van der Waals surface area contributed by atoms with Crippen LogP contribution in [0.15, 0.2) is 29.2 Å². The van der Waals surface area contributed by atoms with Gasteiger partial charge < -0.3 is 9.64 Å². The van der Waals surface area contributed by atoms with E-state index in [1.165, 1.54) is 12.1 Å². The number of ether oxygens (including phenoxy) is 1. The number of rotatable bonds is 5. The summed E-state index contributed by atoms with van der Waals surface area (Å²) in [5, 5.41) is 2.60. The topological polar surface area (TPSA) is 79.0 Å². The maximum atomic E-state index is 12.5. The van der Waals surface area contributed by atoms with Gasteiger partial charge >= 0.3 is 6.09 Å². The molecule has 1 aromatic carbocycles. The SMILES string of the molecule is CN1CCN(CCS(=O)(=O)c2ccc(NC(=O)OC(C)(C)C)cc2)CC1. The van der Waals surface area contributed by atoms with Gasteiger partial charge in [0.25, 0.3) is 0 Å². The number of amides is 1. The Hall–Kier alpha value is -1.64. The number of nitrogens with zero attached hydrogens (tertiary/aromatic N) is 2. The molecule has 0 atom stereocenters. The maximum absolute atomic E-state index is 12.5. The molecular weight excluding hydrogens is 354 g/mol. The molecule has 0 bridgehead atoms. The van der Waals surface area contributed by atoms with Crippen LogP contribution in [-0.4, -0.2) is 75.4 Å². The molecule has 1 aliphatic heterocycles. The number of sulfone groups is 1. The first-order valence-electron chi connectivity index (χ1n) is 8.79. The molecule has 0 saturated carbocycles. The van der Waals surface area contributed by atoms with Gasteiger partial charge in [0.05, 0.1) is 10.6 Å². The largest absolute Gasteiger partial charge is 0.444 e. The average Bonchev–Trinajstić information content (AvgIpc) is 2.53. The summed E-state index contributed by atoms with van der Waals surface area (Å²) in [6.45, 7) is 9.59. The van der Waals surface area contributed by atoms with E-state index < -0.39 is 21.5 Å².